The second kappa shape index (κ2) is 6.53. The molecule has 0 unspecified atom stereocenters. The summed E-state index contributed by atoms with van der Waals surface area (Å²) < 4.78 is 17.9. The van der Waals surface area contributed by atoms with Gasteiger partial charge in [-0.15, -0.1) is 0 Å². The summed E-state index contributed by atoms with van der Waals surface area (Å²) in [6.45, 7) is 8.51. The van der Waals surface area contributed by atoms with Crippen LogP contribution in [0.15, 0.2) is 30.3 Å². The van der Waals surface area contributed by atoms with Gasteiger partial charge in [0.05, 0.1) is 17.1 Å². The van der Waals surface area contributed by atoms with E-state index in [4.69, 9.17) is 14.0 Å². The molecule has 1 aliphatic heterocycles. The molecule has 1 aromatic carbocycles. The smallest absolute Gasteiger partial charge is 0.461 e. The first-order chi connectivity index (χ1) is 11.3. The summed E-state index contributed by atoms with van der Waals surface area (Å²) in [4.78, 5) is 12.6. The minimum absolute atomic E-state index is 0.0781. The van der Waals surface area contributed by atoms with Gasteiger partial charge in [0.2, 0.25) is 0 Å². The van der Waals surface area contributed by atoms with E-state index in [2.05, 4.69) is 0 Å². The summed E-state index contributed by atoms with van der Waals surface area (Å²) in [5.41, 5.74) is 0.286. The lowest BCUT2D eigenvalue weighted by atomic mass is 9.66. The summed E-state index contributed by atoms with van der Waals surface area (Å²) in [5.74, 6) is -0.186. The minimum atomic E-state index is -0.362. The van der Waals surface area contributed by atoms with Crippen molar-refractivity contribution in [3.8, 4) is 0 Å². The van der Waals surface area contributed by atoms with Crippen molar-refractivity contribution in [3.63, 3.8) is 0 Å². The van der Waals surface area contributed by atoms with Gasteiger partial charge in [-0.1, -0.05) is 43.2 Å². The molecule has 24 heavy (non-hydrogen) atoms. The van der Waals surface area contributed by atoms with Crippen LogP contribution in [-0.2, 0) is 25.4 Å². The van der Waals surface area contributed by atoms with Crippen LogP contribution >= 0.6 is 0 Å². The first-order valence-corrected chi connectivity index (χ1v) is 8.86. The molecule has 130 valence electrons. The SMILES string of the molecule is CC1(C)OB([C@H]2CCC[C@H]2C(=O)OCc2ccccc2)OC1(C)C. The van der Waals surface area contributed by atoms with Crippen molar-refractivity contribution < 1.29 is 18.8 Å². The molecule has 1 saturated carbocycles. The predicted octanol–water partition coefficient (Wildman–Crippen LogP) is 3.99. The van der Waals surface area contributed by atoms with E-state index in [1.54, 1.807) is 0 Å². The quantitative estimate of drug-likeness (QED) is 0.618. The molecule has 0 amide bonds. The van der Waals surface area contributed by atoms with Crippen molar-refractivity contribution >= 4 is 13.1 Å². The number of hydrogen-bond acceptors (Lipinski definition) is 4. The van der Waals surface area contributed by atoms with E-state index >= 15 is 0 Å². The Kier molecular flexibility index (Phi) is 4.76. The number of esters is 1. The lowest BCUT2D eigenvalue weighted by molar-refractivity contribution is -0.149. The number of ether oxygens (including phenoxy) is 1. The highest BCUT2D eigenvalue weighted by molar-refractivity contribution is 6.48. The van der Waals surface area contributed by atoms with Crippen LogP contribution in [0.2, 0.25) is 5.82 Å². The topological polar surface area (TPSA) is 44.8 Å². The van der Waals surface area contributed by atoms with Gasteiger partial charge >= 0.3 is 13.1 Å². The Bertz CT molecular complexity index is 568. The highest BCUT2D eigenvalue weighted by Crippen LogP contribution is 2.47. The fraction of sp³-hybridized carbons (Fsp3) is 0.632. The monoisotopic (exact) mass is 330 g/mol. The van der Waals surface area contributed by atoms with E-state index in [-0.39, 0.29) is 36.0 Å². The molecule has 5 heteroatoms. The molecule has 2 atom stereocenters. The summed E-state index contributed by atoms with van der Waals surface area (Å²) in [5, 5.41) is 0. The summed E-state index contributed by atoms with van der Waals surface area (Å²) >= 11 is 0. The molecule has 2 aliphatic rings. The molecule has 3 rings (SSSR count). The Morgan fingerprint density at radius 1 is 1.12 bits per heavy atom. The summed E-state index contributed by atoms with van der Waals surface area (Å²) in [6.07, 6.45) is 2.81. The van der Waals surface area contributed by atoms with Gasteiger partial charge in [-0.25, -0.2) is 0 Å². The Morgan fingerprint density at radius 2 is 1.75 bits per heavy atom. The number of carbonyl (C=O) groups is 1. The van der Waals surface area contributed by atoms with Crippen LogP contribution in [0.1, 0.15) is 52.5 Å². The Hall–Kier alpha value is -1.33. The normalized spacial score (nSPS) is 28.1. The summed E-state index contributed by atoms with van der Waals surface area (Å²) in [7, 11) is -0.327. The van der Waals surface area contributed by atoms with Crippen LogP contribution in [0.3, 0.4) is 0 Å². The number of carbonyl (C=O) groups excluding carboxylic acids is 1. The van der Waals surface area contributed by atoms with E-state index in [1.807, 2.05) is 58.0 Å². The van der Waals surface area contributed by atoms with Crippen molar-refractivity contribution in [3.05, 3.63) is 35.9 Å². The molecular weight excluding hydrogens is 303 g/mol. The van der Waals surface area contributed by atoms with Crippen LogP contribution in [0.5, 0.6) is 0 Å². The van der Waals surface area contributed by atoms with Crippen LogP contribution < -0.4 is 0 Å². The van der Waals surface area contributed by atoms with Gasteiger partial charge in [0, 0.05) is 5.82 Å². The van der Waals surface area contributed by atoms with E-state index in [0.29, 0.717) is 6.61 Å². The maximum absolute atomic E-state index is 12.6. The van der Waals surface area contributed by atoms with Crippen molar-refractivity contribution in [2.24, 2.45) is 5.92 Å². The molecule has 0 radical (unpaired) electrons. The number of hydrogen-bond donors (Lipinski definition) is 0. The second-order valence-electron chi connectivity index (χ2n) is 7.92. The zero-order valence-electron chi connectivity index (χ0n) is 15.1. The molecule has 1 aliphatic carbocycles. The van der Waals surface area contributed by atoms with E-state index in [1.165, 1.54) is 0 Å². The minimum Gasteiger partial charge on any atom is -0.461 e. The van der Waals surface area contributed by atoms with Gasteiger partial charge < -0.3 is 14.0 Å². The second-order valence-corrected chi connectivity index (χ2v) is 7.92. The molecular formula is C19H27BO4. The van der Waals surface area contributed by atoms with Gasteiger partial charge in [0.1, 0.15) is 6.61 Å². The first kappa shape index (κ1) is 17.5. The predicted molar refractivity (Wildman–Crippen MR) is 93.4 cm³/mol. The van der Waals surface area contributed by atoms with Gasteiger partial charge in [0.25, 0.3) is 0 Å². The first-order valence-electron chi connectivity index (χ1n) is 8.86. The molecule has 2 fully saturated rings. The van der Waals surface area contributed by atoms with Gasteiger partial charge in [-0.3, -0.25) is 4.79 Å². The van der Waals surface area contributed by atoms with Crippen molar-refractivity contribution in [2.75, 3.05) is 0 Å². The number of benzene rings is 1. The lowest BCUT2D eigenvalue weighted by Crippen LogP contribution is -2.41. The lowest BCUT2D eigenvalue weighted by Gasteiger charge is -2.32. The Morgan fingerprint density at radius 3 is 2.38 bits per heavy atom. The maximum Gasteiger partial charge on any atom is 0.462 e. The zero-order chi connectivity index (χ0) is 17.4. The van der Waals surface area contributed by atoms with E-state index in [0.717, 1.165) is 24.8 Å². The Labute approximate surface area is 145 Å². The van der Waals surface area contributed by atoms with E-state index < -0.39 is 0 Å². The van der Waals surface area contributed by atoms with Crippen LogP contribution in [-0.4, -0.2) is 24.3 Å². The molecule has 1 aromatic rings. The highest BCUT2D eigenvalue weighted by atomic mass is 16.7. The number of rotatable bonds is 4. The summed E-state index contributed by atoms with van der Waals surface area (Å²) in [6, 6.07) is 9.79. The van der Waals surface area contributed by atoms with Gasteiger partial charge in [-0.2, -0.15) is 0 Å². The maximum atomic E-state index is 12.6. The highest BCUT2D eigenvalue weighted by Gasteiger charge is 2.56. The van der Waals surface area contributed by atoms with E-state index in [9.17, 15) is 4.79 Å². The average molecular weight is 330 g/mol. The standard InChI is InChI=1S/C19H27BO4/c1-18(2)19(3,4)24-20(23-18)16-12-8-11-15(16)17(21)22-13-14-9-6-5-7-10-14/h5-7,9-10,15-16H,8,11-13H2,1-4H3/t15-,16+/m1/s1. The third-order valence-corrected chi connectivity index (χ3v) is 5.72. The third kappa shape index (κ3) is 3.38. The molecule has 0 spiro atoms. The Balaban J connectivity index is 1.62. The molecule has 1 heterocycles. The average Bonchev–Trinajstić information content (AvgIpc) is 3.09. The molecule has 0 bridgehead atoms. The molecule has 4 nitrogen and oxygen atoms in total. The van der Waals surface area contributed by atoms with Crippen LogP contribution in [0.4, 0.5) is 0 Å². The van der Waals surface area contributed by atoms with Crippen molar-refractivity contribution in [1.29, 1.82) is 0 Å². The van der Waals surface area contributed by atoms with Crippen LogP contribution in [0.25, 0.3) is 0 Å². The van der Waals surface area contributed by atoms with Crippen LogP contribution in [0, 0.1) is 5.92 Å². The van der Waals surface area contributed by atoms with Crippen molar-refractivity contribution in [1.82, 2.24) is 0 Å². The third-order valence-electron chi connectivity index (χ3n) is 5.72. The molecule has 1 saturated heterocycles. The van der Waals surface area contributed by atoms with Gasteiger partial charge in [0.15, 0.2) is 0 Å². The zero-order valence-corrected chi connectivity index (χ0v) is 15.1. The molecule has 0 N–H and O–H groups in total. The van der Waals surface area contributed by atoms with Crippen molar-refractivity contribution in [2.45, 2.75) is 70.6 Å². The molecule has 0 aromatic heterocycles. The van der Waals surface area contributed by atoms with Gasteiger partial charge in [-0.05, 0) is 39.7 Å². The fourth-order valence-electron chi connectivity index (χ4n) is 3.51. The largest absolute Gasteiger partial charge is 0.462 e. The fourth-order valence-corrected chi connectivity index (χ4v) is 3.51.